The van der Waals surface area contributed by atoms with E-state index in [0.717, 1.165) is 6.21 Å². The number of carbonyl (C=O) groups is 1. The van der Waals surface area contributed by atoms with Gasteiger partial charge >= 0.3 is 6.09 Å². The second-order valence-corrected chi connectivity index (χ2v) is 3.70. The van der Waals surface area contributed by atoms with E-state index in [9.17, 15) is 4.79 Å². The van der Waals surface area contributed by atoms with Gasteiger partial charge in [-0.1, -0.05) is 0 Å². The summed E-state index contributed by atoms with van der Waals surface area (Å²) in [5.74, 6) is -0.175. The topological polar surface area (TPSA) is 101 Å². The zero-order chi connectivity index (χ0) is 11.9. The number of rotatable bonds is 2. The average Bonchev–Trinajstić information content (AvgIpc) is 2.00. The fraction of sp³-hybridized carbons (Fsp3) is 0.556. The summed E-state index contributed by atoms with van der Waals surface area (Å²) in [4.78, 5) is 18.1. The summed E-state index contributed by atoms with van der Waals surface area (Å²) >= 11 is 0. The number of guanidine groups is 1. The molecule has 0 aromatic heterocycles. The van der Waals surface area contributed by atoms with E-state index in [2.05, 4.69) is 9.98 Å². The van der Waals surface area contributed by atoms with Crippen LogP contribution in [0, 0.1) is 5.41 Å². The highest BCUT2D eigenvalue weighted by Crippen LogP contribution is 2.07. The maximum absolute atomic E-state index is 11.1. The Morgan fingerprint density at radius 1 is 1.53 bits per heavy atom. The number of carbonyl (C=O) groups excluding carboxylic acids is 1. The molecule has 84 valence electrons. The summed E-state index contributed by atoms with van der Waals surface area (Å²) in [6.07, 6.45) is 2.12. The summed E-state index contributed by atoms with van der Waals surface area (Å²) in [5.41, 5.74) is 4.71. The largest absolute Gasteiger partial charge is 0.442 e. The first kappa shape index (κ1) is 13.3. The molecule has 0 bridgehead atoms. The van der Waals surface area contributed by atoms with Gasteiger partial charge < -0.3 is 15.9 Å². The molecule has 0 heterocycles. The van der Waals surface area contributed by atoms with Crippen LogP contribution in [0.4, 0.5) is 4.79 Å². The minimum Gasteiger partial charge on any atom is -0.442 e. The van der Waals surface area contributed by atoms with E-state index in [0.29, 0.717) is 6.42 Å². The fourth-order valence-corrected chi connectivity index (χ4v) is 0.606. The standard InChI is InChI=1S/C9H16N4O2/c1-9(2,3)15-8(14)13-7(11)12-6-4-5-10/h5-6,10H,4H2,1-3H3,(H2,11,13,14). The Hall–Kier alpha value is -1.72. The Bertz CT molecular complexity index is 289. The predicted molar refractivity (Wildman–Crippen MR) is 59.7 cm³/mol. The second kappa shape index (κ2) is 5.90. The first-order chi connectivity index (χ1) is 6.85. The zero-order valence-corrected chi connectivity index (χ0v) is 9.15. The van der Waals surface area contributed by atoms with Crippen molar-refractivity contribution < 1.29 is 9.53 Å². The fourth-order valence-electron chi connectivity index (χ4n) is 0.606. The van der Waals surface area contributed by atoms with Crippen LogP contribution >= 0.6 is 0 Å². The molecule has 6 nitrogen and oxygen atoms in total. The third-order valence-electron chi connectivity index (χ3n) is 1.05. The highest BCUT2D eigenvalue weighted by Gasteiger charge is 2.15. The molecule has 0 spiro atoms. The van der Waals surface area contributed by atoms with Crippen molar-refractivity contribution in [3.05, 3.63) is 0 Å². The molecule has 1 amide bonds. The van der Waals surface area contributed by atoms with Crippen LogP contribution in [-0.2, 0) is 4.74 Å². The number of amides is 1. The Kier molecular flexibility index (Phi) is 5.22. The molecule has 15 heavy (non-hydrogen) atoms. The van der Waals surface area contributed by atoms with E-state index in [4.69, 9.17) is 15.9 Å². The summed E-state index contributed by atoms with van der Waals surface area (Å²) < 4.78 is 4.89. The first-order valence-corrected chi connectivity index (χ1v) is 4.44. The molecule has 0 atom stereocenters. The zero-order valence-electron chi connectivity index (χ0n) is 9.15. The van der Waals surface area contributed by atoms with E-state index < -0.39 is 11.7 Å². The minimum absolute atomic E-state index is 0.175. The third-order valence-corrected chi connectivity index (χ3v) is 1.05. The maximum atomic E-state index is 11.1. The first-order valence-electron chi connectivity index (χ1n) is 4.44. The molecule has 0 aliphatic heterocycles. The van der Waals surface area contributed by atoms with Gasteiger partial charge in [0, 0.05) is 18.9 Å². The molecular weight excluding hydrogens is 196 g/mol. The lowest BCUT2D eigenvalue weighted by Crippen LogP contribution is -2.23. The van der Waals surface area contributed by atoms with Gasteiger partial charge in [-0.2, -0.15) is 0 Å². The monoisotopic (exact) mass is 212 g/mol. The second-order valence-electron chi connectivity index (χ2n) is 3.70. The molecule has 0 aliphatic carbocycles. The van der Waals surface area contributed by atoms with Gasteiger partial charge in [0.15, 0.2) is 0 Å². The Morgan fingerprint density at radius 3 is 2.60 bits per heavy atom. The summed E-state index contributed by atoms with van der Waals surface area (Å²) in [6.45, 7) is 5.19. The molecule has 0 saturated carbocycles. The highest BCUT2D eigenvalue weighted by atomic mass is 16.6. The lowest BCUT2D eigenvalue weighted by Gasteiger charge is -2.17. The van der Waals surface area contributed by atoms with E-state index in [1.807, 2.05) is 0 Å². The molecule has 0 fully saturated rings. The van der Waals surface area contributed by atoms with Crippen molar-refractivity contribution in [2.75, 3.05) is 0 Å². The van der Waals surface area contributed by atoms with Gasteiger partial charge in [0.1, 0.15) is 5.60 Å². The van der Waals surface area contributed by atoms with Gasteiger partial charge in [-0.05, 0) is 20.8 Å². The van der Waals surface area contributed by atoms with Crippen molar-refractivity contribution in [3.63, 3.8) is 0 Å². The van der Waals surface area contributed by atoms with Gasteiger partial charge in [0.25, 0.3) is 0 Å². The SMILES string of the molecule is CC(C)(C)OC(=O)N=C(N)N=CCC=N. The molecule has 0 aliphatic rings. The van der Waals surface area contributed by atoms with E-state index in [1.165, 1.54) is 6.21 Å². The van der Waals surface area contributed by atoms with Crippen molar-refractivity contribution in [3.8, 4) is 0 Å². The molecule has 3 N–H and O–H groups in total. The molecule has 0 aromatic carbocycles. The minimum atomic E-state index is -0.771. The smallest absolute Gasteiger partial charge is 0.437 e. The number of nitrogens with one attached hydrogen (secondary N) is 1. The van der Waals surface area contributed by atoms with Gasteiger partial charge in [0.05, 0.1) is 0 Å². The highest BCUT2D eigenvalue weighted by molar-refractivity contribution is 5.95. The summed E-state index contributed by atoms with van der Waals surface area (Å²) in [6, 6.07) is 0. The van der Waals surface area contributed by atoms with E-state index in [1.54, 1.807) is 20.8 Å². The number of hydrogen-bond acceptors (Lipinski definition) is 3. The van der Waals surface area contributed by atoms with Gasteiger partial charge in [-0.25, -0.2) is 9.79 Å². The summed E-state index contributed by atoms with van der Waals surface area (Å²) in [5, 5.41) is 6.72. The van der Waals surface area contributed by atoms with Gasteiger partial charge in [-0.15, -0.1) is 4.99 Å². The Balaban J connectivity index is 4.24. The van der Waals surface area contributed by atoms with Crippen LogP contribution in [-0.4, -0.2) is 30.1 Å². The number of nitrogens with zero attached hydrogens (tertiary/aromatic N) is 2. The van der Waals surface area contributed by atoms with Gasteiger partial charge in [0.2, 0.25) is 5.96 Å². The van der Waals surface area contributed by atoms with Crippen LogP contribution in [0.15, 0.2) is 9.98 Å². The van der Waals surface area contributed by atoms with Crippen molar-refractivity contribution in [2.24, 2.45) is 15.7 Å². The van der Waals surface area contributed by atoms with Crippen LogP contribution in [0.25, 0.3) is 0 Å². The predicted octanol–water partition coefficient (Wildman–Crippen LogP) is 1.35. The normalized spacial score (nSPS) is 12.9. The van der Waals surface area contributed by atoms with Crippen LogP contribution in [0.5, 0.6) is 0 Å². The number of aliphatic imine (C=N–C) groups is 2. The van der Waals surface area contributed by atoms with Crippen molar-refractivity contribution in [2.45, 2.75) is 32.8 Å². The van der Waals surface area contributed by atoms with E-state index in [-0.39, 0.29) is 5.96 Å². The van der Waals surface area contributed by atoms with Crippen LogP contribution in [0.2, 0.25) is 0 Å². The third kappa shape index (κ3) is 8.61. The lowest BCUT2D eigenvalue weighted by molar-refractivity contribution is 0.0604. The van der Waals surface area contributed by atoms with Crippen molar-refractivity contribution in [1.29, 1.82) is 5.41 Å². The van der Waals surface area contributed by atoms with Gasteiger partial charge in [-0.3, -0.25) is 0 Å². The molecule has 0 unspecified atom stereocenters. The lowest BCUT2D eigenvalue weighted by atomic mass is 10.2. The summed E-state index contributed by atoms with van der Waals surface area (Å²) in [7, 11) is 0. The number of nitrogens with two attached hydrogens (primary N) is 1. The van der Waals surface area contributed by atoms with Crippen molar-refractivity contribution in [1.82, 2.24) is 0 Å². The quantitative estimate of drug-likeness (QED) is 0.533. The molecule has 0 saturated heterocycles. The molecule has 0 aromatic rings. The molecule has 6 heteroatoms. The van der Waals surface area contributed by atoms with Crippen molar-refractivity contribution >= 4 is 24.5 Å². The maximum Gasteiger partial charge on any atom is 0.437 e. The Labute approximate surface area is 88.7 Å². The molecular formula is C9H16N4O2. The van der Waals surface area contributed by atoms with Crippen LogP contribution < -0.4 is 5.73 Å². The van der Waals surface area contributed by atoms with Crippen LogP contribution in [0.1, 0.15) is 27.2 Å². The van der Waals surface area contributed by atoms with Crippen LogP contribution in [0.3, 0.4) is 0 Å². The van der Waals surface area contributed by atoms with E-state index >= 15 is 0 Å². The number of ether oxygens (including phenoxy) is 1. The Morgan fingerprint density at radius 2 is 2.13 bits per heavy atom. The number of hydrogen-bond donors (Lipinski definition) is 2. The average molecular weight is 212 g/mol. The molecule has 0 radical (unpaired) electrons. The molecule has 0 rings (SSSR count).